The van der Waals surface area contributed by atoms with Crippen molar-refractivity contribution < 1.29 is 9.26 Å². The summed E-state index contributed by atoms with van der Waals surface area (Å²) in [5.41, 5.74) is 0. The highest BCUT2D eigenvalue weighted by Gasteiger charge is 2.20. The third kappa shape index (κ3) is 3.12. The molecule has 19 heavy (non-hydrogen) atoms. The van der Waals surface area contributed by atoms with Crippen molar-refractivity contribution in [1.82, 2.24) is 15.5 Å². The highest BCUT2D eigenvalue weighted by atomic mass is 16.5. The summed E-state index contributed by atoms with van der Waals surface area (Å²) in [6.07, 6.45) is 2.14. The molecule has 0 aliphatic carbocycles. The summed E-state index contributed by atoms with van der Waals surface area (Å²) < 4.78 is 10.8. The van der Waals surface area contributed by atoms with Gasteiger partial charge in [-0.1, -0.05) is 23.4 Å². The van der Waals surface area contributed by atoms with Gasteiger partial charge >= 0.3 is 0 Å². The molecular formula is C14H17N3O2. The highest BCUT2D eigenvalue weighted by molar-refractivity contribution is 5.20. The van der Waals surface area contributed by atoms with Crippen LogP contribution >= 0.6 is 0 Å². The average molecular weight is 259 g/mol. The average Bonchev–Trinajstić information content (AvgIpc) is 2.96. The van der Waals surface area contributed by atoms with Gasteiger partial charge in [-0.05, 0) is 38.1 Å². The van der Waals surface area contributed by atoms with Crippen molar-refractivity contribution in [1.29, 1.82) is 0 Å². The minimum Gasteiger partial charge on any atom is -0.484 e. The van der Waals surface area contributed by atoms with Crippen LogP contribution in [0.2, 0.25) is 0 Å². The number of benzene rings is 1. The molecule has 1 aliphatic rings. The topological polar surface area (TPSA) is 60.2 Å². The number of hydrogen-bond acceptors (Lipinski definition) is 5. The standard InChI is InChI=1S/C14H17N3O2/c1-2-4-12(5-3-1)18-10-13-16-14(17-19-13)11-6-8-15-9-7-11/h1-5,11,15H,6-10H2. The summed E-state index contributed by atoms with van der Waals surface area (Å²) in [6, 6.07) is 9.64. The Morgan fingerprint density at radius 3 is 2.79 bits per heavy atom. The second-order valence-corrected chi connectivity index (χ2v) is 4.67. The molecule has 1 fully saturated rings. The molecule has 0 atom stereocenters. The van der Waals surface area contributed by atoms with E-state index < -0.39 is 0 Å². The maximum Gasteiger partial charge on any atom is 0.264 e. The van der Waals surface area contributed by atoms with Crippen LogP contribution in [0.5, 0.6) is 5.75 Å². The zero-order chi connectivity index (χ0) is 12.9. The fourth-order valence-corrected chi connectivity index (χ4v) is 2.23. The maximum absolute atomic E-state index is 5.58. The molecule has 1 aromatic carbocycles. The lowest BCUT2D eigenvalue weighted by Gasteiger charge is -2.18. The van der Waals surface area contributed by atoms with E-state index in [1.165, 1.54) is 0 Å². The Bertz CT molecular complexity index is 506. The second kappa shape index (κ2) is 5.84. The summed E-state index contributed by atoms with van der Waals surface area (Å²) >= 11 is 0. The van der Waals surface area contributed by atoms with Crippen LogP contribution in [0, 0.1) is 0 Å². The number of piperidine rings is 1. The van der Waals surface area contributed by atoms with Gasteiger partial charge < -0.3 is 14.6 Å². The molecule has 100 valence electrons. The predicted octanol–water partition coefficient (Wildman–Crippen LogP) is 2.12. The summed E-state index contributed by atoms with van der Waals surface area (Å²) in [4.78, 5) is 4.42. The Morgan fingerprint density at radius 1 is 1.21 bits per heavy atom. The van der Waals surface area contributed by atoms with Crippen LogP contribution in [0.4, 0.5) is 0 Å². The number of rotatable bonds is 4. The molecule has 5 heteroatoms. The molecular weight excluding hydrogens is 242 g/mol. The minimum atomic E-state index is 0.321. The number of nitrogens with zero attached hydrogens (tertiary/aromatic N) is 2. The number of para-hydroxylation sites is 1. The molecule has 0 unspecified atom stereocenters. The monoisotopic (exact) mass is 259 g/mol. The van der Waals surface area contributed by atoms with Gasteiger partial charge in [-0.3, -0.25) is 0 Å². The molecule has 1 aromatic heterocycles. The van der Waals surface area contributed by atoms with Crippen molar-refractivity contribution in [3.05, 3.63) is 42.0 Å². The van der Waals surface area contributed by atoms with Crippen LogP contribution in [0.15, 0.2) is 34.9 Å². The van der Waals surface area contributed by atoms with E-state index in [-0.39, 0.29) is 0 Å². The van der Waals surface area contributed by atoms with Crippen LogP contribution in [-0.2, 0) is 6.61 Å². The molecule has 1 aliphatic heterocycles. The predicted molar refractivity (Wildman–Crippen MR) is 69.9 cm³/mol. The van der Waals surface area contributed by atoms with E-state index in [0.29, 0.717) is 18.4 Å². The number of hydrogen-bond donors (Lipinski definition) is 1. The molecule has 0 amide bonds. The third-order valence-electron chi connectivity index (χ3n) is 3.29. The van der Waals surface area contributed by atoms with E-state index in [9.17, 15) is 0 Å². The first kappa shape index (κ1) is 12.2. The van der Waals surface area contributed by atoms with E-state index >= 15 is 0 Å². The number of nitrogens with one attached hydrogen (secondary N) is 1. The van der Waals surface area contributed by atoms with Crippen molar-refractivity contribution in [2.75, 3.05) is 13.1 Å². The highest BCUT2D eigenvalue weighted by Crippen LogP contribution is 2.22. The molecule has 1 N–H and O–H groups in total. The third-order valence-corrected chi connectivity index (χ3v) is 3.29. The van der Waals surface area contributed by atoms with Gasteiger partial charge in [0.25, 0.3) is 5.89 Å². The van der Waals surface area contributed by atoms with Crippen molar-refractivity contribution in [3.63, 3.8) is 0 Å². The summed E-state index contributed by atoms with van der Waals surface area (Å²) in [7, 11) is 0. The van der Waals surface area contributed by atoms with Crippen molar-refractivity contribution >= 4 is 0 Å². The van der Waals surface area contributed by atoms with Crippen molar-refractivity contribution in [2.45, 2.75) is 25.4 Å². The maximum atomic E-state index is 5.58. The Labute approximate surface area is 112 Å². The van der Waals surface area contributed by atoms with E-state index in [4.69, 9.17) is 9.26 Å². The smallest absolute Gasteiger partial charge is 0.264 e. The van der Waals surface area contributed by atoms with E-state index in [1.807, 2.05) is 30.3 Å². The Kier molecular flexibility index (Phi) is 3.74. The molecule has 5 nitrogen and oxygen atoms in total. The van der Waals surface area contributed by atoms with Crippen molar-refractivity contribution in [3.8, 4) is 5.75 Å². The van der Waals surface area contributed by atoms with Crippen LogP contribution < -0.4 is 10.1 Å². The number of ether oxygens (including phenoxy) is 1. The second-order valence-electron chi connectivity index (χ2n) is 4.67. The molecule has 0 bridgehead atoms. The quantitative estimate of drug-likeness (QED) is 0.911. The first-order chi connectivity index (χ1) is 9.42. The van der Waals surface area contributed by atoms with E-state index in [2.05, 4.69) is 15.5 Å². The lowest BCUT2D eigenvalue weighted by atomic mass is 9.98. The molecule has 0 saturated carbocycles. The molecule has 2 heterocycles. The number of aromatic nitrogens is 2. The van der Waals surface area contributed by atoms with Crippen LogP contribution in [0.25, 0.3) is 0 Å². The Morgan fingerprint density at radius 2 is 2.00 bits per heavy atom. The molecule has 2 aromatic rings. The van der Waals surface area contributed by atoms with Gasteiger partial charge in [0.05, 0.1) is 0 Å². The summed E-state index contributed by atoms with van der Waals surface area (Å²) in [6.45, 7) is 2.37. The Balaban J connectivity index is 1.58. The fourth-order valence-electron chi connectivity index (χ4n) is 2.23. The van der Waals surface area contributed by atoms with Gasteiger partial charge in [0, 0.05) is 5.92 Å². The molecule has 3 rings (SSSR count). The normalized spacial score (nSPS) is 16.4. The SMILES string of the molecule is c1ccc(OCc2nc(C3CCNCC3)no2)cc1. The summed E-state index contributed by atoms with van der Waals surface area (Å²) in [5.74, 6) is 2.57. The van der Waals surface area contributed by atoms with Gasteiger partial charge in [0.15, 0.2) is 12.4 Å². The lowest BCUT2D eigenvalue weighted by molar-refractivity contribution is 0.242. The van der Waals surface area contributed by atoms with Crippen LogP contribution in [0.3, 0.4) is 0 Å². The van der Waals surface area contributed by atoms with Crippen LogP contribution in [0.1, 0.15) is 30.5 Å². The fraction of sp³-hybridized carbons (Fsp3) is 0.429. The van der Waals surface area contributed by atoms with Gasteiger partial charge in [-0.25, -0.2) is 0 Å². The minimum absolute atomic E-state index is 0.321. The Hall–Kier alpha value is -1.88. The lowest BCUT2D eigenvalue weighted by Crippen LogP contribution is -2.27. The van der Waals surface area contributed by atoms with Gasteiger partial charge in [0.2, 0.25) is 0 Å². The zero-order valence-electron chi connectivity index (χ0n) is 10.7. The zero-order valence-corrected chi connectivity index (χ0v) is 10.7. The van der Waals surface area contributed by atoms with Gasteiger partial charge in [-0.15, -0.1) is 0 Å². The van der Waals surface area contributed by atoms with Crippen molar-refractivity contribution in [2.24, 2.45) is 0 Å². The molecule has 0 spiro atoms. The van der Waals surface area contributed by atoms with Gasteiger partial charge in [0.1, 0.15) is 5.75 Å². The van der Waals surface area contributed by atoms with E-state index in [1.54, 1.807) is 0 Å². The molecule has 0 radical (unpaired) electrons. The first-order valence-corrected chi connectivity index (χ1v) is 6.63. The molecule has 1 saturated heterocycles. The van der Waals surface area contributed by atoms with Gasteiger partial charge in [-0.2, -0.15) is 4.98 Å². The summed E-state index contributed by atoms with van der Waals surface area (Å²) in [5, 5.41) is 7.39. The van der Waals surface area contributed by atoms with E-state index in [0.717, 1.165) is 37.5 Å². The largest absolute Gasteiger partial charge is 0.484 e. The van der Waals surface area contributed by atoms with Crippen LogP contribution in [-0.4, -0.2) is 23.2 Å². The first-order valence-electron chi connectivity index (χ1n) is 6.63.